The van der Waals surface area contributed by atoms with E-state index in [0.29, 0.717) is 12.2 Å². The summed E-state index contributed by atoms with van der Waals surface area (Å²) in [6.07, 6.45) is 10.5. The van der Waals surface area contributed by atoms with Crippen LogP contribution in [-0.4, -0.2) is 20.8 Å². The lowest BCUT2D eigenvalue weighted by molar-refractivity contribution is 0.0854. The Bertz CT molecular complexity index is 209. The van der Waals surface area contributed by atoms with Crippen molar-refractivity contribution in [2.75, 3.05) is 0 Å². The third-order valence-corrected chi connectivity index (χ3v) is 8.20. The van der Waals surface area contributed by atoms with E-state index in [9.17, 15) is 0 Å². The van der Waals surface area contributed by atoms with E-state index in [1.807, 2.05) is 0 Å². The van der Waals surface area contributed by atoms with E-state index in [2.05, 4.69) is 41.5 Å². The Morgan fingerprint density at radius 1 is 0.667 bits per heavy atom. The molecule has 0 heterocycles. The molecule has 0 N–H and O–H groups in total. The molecule has 0 radical (unpaired) electrons. The molecule has 21 heavy (non-hydrogen) atoms. The zero-order valence-corrected chi connectivity index (χ0v) is 16.5. The van der Waals surface area contributed by atoms with Crippen molar-refractivity contribution in [2.24, 2.45) is 0 Å². The van der Waals surface area contributed by atoms with Crippen LogP contribution in [0.25, 0.3) is 0 Å². The third kappa shape index (κ3) is 9.70. The van der Waals surface area contributed by atoms with Gasteiger partial charge in [-0.2, -0.15) is 0 Å². The van der Waals surface area contributed by atoms with Crippen LogP contribution >= 0.6 is 0 Å². The highest BCUT2D eigenvalue weighted by Gasteiger charge is 2.39. The SMILES string of the molecule is CCCCC[Si](CCCCC)(OC(C)CC)OC(C)CC. The van der Waals surface area contributed by atoms with Crippen molar-refractivity contribution >= 4 is 8.56 Å². The van der Waals surface area contributed by atoms with Crippen molar-refractivity contribution in [3.8, 4) is 0 Å². The molecule has 3 heteroatoms. The number of hydrogen-bond acceptors (Lipinski definition) is 2. The van der Waals surface area contributed by atoms with Gasteiger partial charge >= 0.3 is 8.56 Å². The van der Waals surface area contributed by atoms with E-state index in [1.165, 1.54) is 50.6 Å². The molecule has 0 aliphatic heterocycles. The first kappa shape index (κ1) is 21.1. The van der Waals surface area contributed by atoms with Crippen molar-refractivity contribution in [3.63, 3.8) is 0 Å². The maximum atomic E-state index is 6.57. The second-order valence-corrected chi connectivity index (χ2v) is 9.79. The first-order valence-corrected chi connectivity index (χ1v) is 11.6. The van der Waals surface area contributed by atoms with Crippen molar-refractivity contribution in [2.45, 2.75) is 117 Å². The van der Waals surface area contributed by atoms with Crippen molar-refractivity contribution in [3.05, 3.63) is 0 Å². The Balaban J connectivity index is 4.86. The van der Waals surface area contributed by atoms with Crippen LogP contribution in [0.5, 0.6) is 0 Å². The monoisotopic (exact) mass is 316 g/mol. The number of unbranched alkanes of at least 4 members (excludes halogenated alkanes) is 4. The molecular weight excluding hydrogens is 276 g/mol. The molecule has 128 valence electrons. The number of rotatable bonds is 14. The molecule has 0 fully saturated rings. The average Bonchev–Trinajstić information content (AvgIpc) is 2.47. The summed E-state index contributed by atoms with van der Waals surface area (Å²) in [5.74, 6) is 0. The second-order valence-electron chi connectivity index (χ2n) is 6.50. The second kappa shape index (κ2) is 12.7. The van der Waals surface area contributed by atoms with Crippen LogP contribution in [-0.2, 0) is 8.85 Å². The molecule has 0 bridgehead atoms. The summed E-state index contributed by atoms with van der Waals surface area (Å²) >= 11 is 0. The maximum absolute atomic E-state index is 6.57. The standard InChI is InChI=1S/C18H40O2Si/c1-7-11-13-15-21(16-14-12-8-2,19-17(5)9-3)20-18(6)10-4/h17-18H,7-16H2,1-6H3. The predicted octanol–water partition coefficient (Wildman–Crippen LogP) is 6.44. The first-order chi connectivity index (χ1) is 10.0. The molecular formula is C18H40O2Si. The van der Waals surface area contributed by atoms with E-state index in [1.54, 1.807) is 0 Å². The van der Waals surface area contributed by atoms with E-state index < -0.39 is 8.56 Å². The Morgan fingerprint density at radius 3 is 1.33 bits per heavy atom. The molecule has 0 rings (SSSR count). The van der Waals surface area contributed by atoms with Gasteiger partial charge in [0.2, 0.25) is 0 Å². The smallest absolute Gasteiger partial charge is 0.338 e. The predicted molar refractivity (Wildman–Crippen MR) is 96.1 cm³/mol. The van der Waals surface area contributed by atoms with Gasteiger partial charge < -0.3 is 8.85 Å². The lowest BCUT2D eigenvalue weighted by Crippen LogP contribution is -2.46. The summed E-state index contributed by atoms with van der Waals surface area (Å²) in [4.78, 5) is 0. The average molecular weight is 317 g/mol. The minimum absolute atomic E-state index is 0.337. The lowest BCUT2D eigenvalue weighted by Gasteiger charge is -2.36. The van der Waals surface area contributed by atoms with Crippen molar-refractivity contribution < 1.29 is 8.85 Å². The third-order valence-electron chi connectivity index (χ3n) is 4.30. The summed E-state index contributed by atoms with van der Waals surface area (Å²) in [6.45, 7) is 13.4. The van der Waals surface area contributed by atoms with Gasteiger partial charge in [-0.1, -0.05) is 66.2 Å². The number of hydrogen-bond donors (Lipinski definition) is 0. The normalized spacial score (nSPS) is 15.1. The van der Waals surface area contributed by atoms with Crippen LogP contribution in [0.1, 0.15) is 92.9 Å². The van der Waals surface area contributed by atoms with Crippen LogP contribution in [0.15, 0.2) is 0 Å². The molecule has 2 nitrogen and oxygen atoms in total. The van der Waals surface area contributed by atoms with Gasteiger partial charge in [0.1, 0.15) is 0 Å². The lowest BCUT2D eigenvalue weighted by atomic mass is 10.3. The highest BCUT2D eigenvalue weighted by Crippen LogP contribution is 2.29. The van der Waals surface area contributed by atoms with Gasteiger partial charge in [-0.15, -0.1) is 0 Å². The van der Waals surface area contributed by atoms with Crippen LogP contribution in [0.4, 0.5) is 0 Å². The Labute approximate surface area is 135 Å². The molecule has 2 unspecified atom stereocenters. The van der Waals surface area contributed by atoms with Gasteiger partial charge in [0.05, 0.1) is 0 Å². The molecule has 0 aliphatic carbocycles. The van der Waals surface area contributed by atoms with Gasteiger partial charge in [-0.3, -0.25) is 0 Å². The summed E-state index contributed by atoms with van der Waals surface area (Å²) in [5.41, 5.74) is 0. The molecule has 2 atom stereocenters. The fourth-order valence-electron chi connectivity index (χ4n) is 2.58. The fraction of sp³-hybridized carbons (Fsp3) is 1.00. The molecule has 0 saturated heterocycles. The molecule has 0 aliphatic rings. The van der Waals surface area contributed by atoms with Gasteiger partial charge in [-0.25, -0.2) is 0 Å². The molecule has 0 amide bonds. The summed E-state index contributed by atoms with van der Waals surface area (Å²) in [6, 6.07) is 2.36. The zero-order chi connectivity index (χ0) is 16.1. The molecule has 0 aromatic carbocycles. The highest BCUT2D eigenvalue weighted by atomic mass is 28.4. The Kier molecular flexibility index (Phi) is 12.7. The van der Waals surface area contributed by atoms with E-state index in [-0.39, 0.29) is 0 Å². The van der Waals surface area contributed by atoms with Gasteiger partial charge in [0.25, 0.3) is 0 Å². The van der Waals surface area contributed by atoms with Crippen LogP contribution < -0.4 is 0 Å². The fourth-order valence-corrected chi connectivity index (χ4v) is 6.73. The van der Waals surface area contributed by atoms with Crippen molar-refractivity contribution in [1.82, 2.24) is 0 Å². The minimum atomic E-state index is -2.04. The van der Waals surface area contributed by atoms with Gasteiger partial charge in [-0.05, 0) is 38.8 Å². The quantitative estimate of drug-likeness (QED) is 0.271. The topological polar surface area (TPSA) is 18.5 Å². The van der Waals surface area contributed by atoms with Gasteiger partial charge in [0, 0.05) is 12.2 Å². The molecule has 0 saturated carbocycles. The molecule has 0 spiro atoms. The minimum Gasteiger partial charge on any atom is -0.391 e. The van der Waals surface area contributed by atoms with Crippen LogP contribution in [0, 0.1) is 0 Å². The largest absolute Gasteiger partial charge is 0.391 e. The highest BCUT2D eigenvalue weighted by molar-refractivity contribution is 6.67. The van der Waals surface area contributed by atoms with E-state index >= 15 is 0 Å². The zero-order valence-electron chi connectivity index (χ0n) is 15.5. The first-order valence-electron chi connectivity index (χ1n) is 9.39. The van der Waals surface area contributed by atoms with E-state index in [4.69, 9.17) is 8.85 Å². The summed E-state index contributed by atoms with van der Waals surface area (Å²) in [7, 11) is -2.04. The summed E-state index contributed by atoms with van der Waals surface area (Å²) < 4.78 is 13.1. The summed E-state index contributed by atoms with van der Waals surface area (Å²) in [5, 5.41) is 0. The van der Waals surface area contributed by atoms with Gasteiger partial charge in [0.15, 0.2) is 0 Å². The Morgan fingerprint density at radius 2 is 1.05 bits per heavy atom. The maximum Gasteiger partial charge on any atom is 0.338 e. The van der Waals surface area contributed by atoms with Crippen molar-refractivity contribution in [1.29, 1.82) is 0 Å². The molecule has 0 aromatic heterocycles. The molecule has 0 aromatic rings. The van der Waals surface area contributed by atoms with E-state index in [0.717, 1.165) is 12.8 Å². The Hall–Kier alpha value is 0.137. The van der Waals surface area contributed by atoms with Crippen LogP contribution in [0.2, 0.25) is 12.1 Å². The van der Waals surface area contributed by atoms with Crippen LogP contribution in [0.3, 0.4) is 0 Å².